The van der Waals surface area contributed by atoms with E-state index in [9.17, 15) is 4.79 Å². The van der Waals surface area contributed by atoms with Crippen molar-refractivity contribution in [3.63, 3.8) is 0 Å². The quantitative estimate of drug-likeness (QED) is 0.798. The van der Waals surface area contributed by atoms with Crippen LogP contribution in [0.3, 0.4) is 0 Å². The first kappa shape index (κ1) is 12.9. The van der Waals surface area contributed by atoms with Crippen LogP contribution in [-0.4, -0.2) is 40.6 Å². The van der Waals surface area contributed by atoms with Gasteiger partial charge in [-0.2, -0.15) is 0 Å². The van der Waals surface area contributed by atoms with Crippen LogP contribution in [0.4, 0.5) is 0 Å². The first-order valence-electron chi connectivity index (χ1n) is 5.20. The molecule has 0 aliphatic heterocycles. The third-order valence-electron chi connectivity index (χ3n) is 2.23. The highest BCUT2D eigenvalue weighted by Gasteiger charge is 2.13. The molecular formula is C11H15ClN2O2. The van der Waals surface area contributed by atoms with Crippen molar-refractivity contribution in [3.05, 3.63) is 29.0 Å². The van der Waals surface area contributed by atoms with E-state index in [0.29, 0.717) is 30.2 Å². The Morgan fingerprint density at radius 2 is 2.31 bits per heavy atom. The Morgan fingerprint density at radius 1 is 1.56 bits per heavy atom. The Balaban J connectivity index is 2.70. The van der Waals surface area contributed by atoms with Crippen molar-refractivity contribution in [3.8, 4) is 0 Å². The molecule has 0 aliphatic rings. The predicted molar refractivity (Wildman–Crippen MR) is 62.5 cm³/mol. The monoisotopic (exact) mass is 242 g/mol. The van der Waals surface area contributed by atoms with E-state index in [-0.39, 0.29) is 12.5 Å². The van der Waals surface area contributed by atoms with Crippen LogP contribution >= 0.6 is 11.6 Å². The number of aliphatic hydroxyl groups is 1. The van der Waals surface area contributed by atoms with Crippen molar-refractivity contribution in [2.75, 3.05) is 19.7 Å². The van der Waals surface area contributed by atoms with E-state index in [1.165, 1.54) is 6.20 Å². The summed E-state index contributed by atoms with van der Waals surface area (Å²) in [7, 11) is 0. The lowest BCUT2D eigenvalue weighted by molar-refractivity contribution is 0.0754. The SMILES string of the molecule is CCN(CCCO)C(=O)c1ccc(Cl)nc1. The van der Waals surface area contributed by atoms with Gasteiger partial charge in [-0.1, -0.05) is 11.6 Å². The summed E-state index contributed by atoms with van der Waals surface area (Å²) in [5, 5.41) is 9.10. The molecule has 1 amide bonds. The van der Waals surface area contributed by atoms with Gasteiger partial charge in [0, 0.05) is 25.9 Å². The second-order valence-electron chi connectivity index (χ2n) is 3.33. The summed E-state index contributed by atoms with van der Waals surface area (Å²) in [6.45, 7) is 3.15. The fraction of sp³-hybridized carbons (Fsp3) is 0.455. The van der Waals surface area contributed by atoms with Gasteiger partial charge < -0.3 is 10.0 Å². The highest BCUT2D eigenvalue weighted by atomic mass is 35.5. The average Bonchev–Trinajstić information content (AvgIpc) is 2.30. The average molecular weight is 243 g/mol. The minimum absolute atomic E-state index is 0.0832. The zero-order valence-corrected chi connectivity index (χ0v) is 9.94. The van der Waals surface area contributed by atoms with Gasteiger partial charge in [-0.15, -0.1) is 0 Å². The minimum atomic E-state index is -0.0832. The van der Waals surface area contributed by atoms with Gasteiger partial charge in [0.1, 0.15) is 5.15 Å². The van der Waals surface area contributed by atoms with Crippen LogP contribution in [0.15, 0.2) is 18.3 Å². The van der Waals surface area contributed by atoms with E-state index in [0.717, 1.165) is 0 Å². The minimum Gasteiger partial charge on any atom is -0.396 e. The number of rotatable bonds is 5. The Kier molecular flexibility index (Phi) is 5.22. The van der Waals surface area contributed by atoms with Gasteiger partial charge in [0.25, 0.3) is 5.91 Å². The molecule has 1 heterocycles. The van der Waals surface area contributed by atoms with Crippen molar-refractivity contribution < 1.29 is 9.90 Å². The predicted octanol–water partition coefficient (Wildman–Crippen LogP) is 1.58. The maximum Gasteiger partial charge on any atom is 0.255 e. The lowest BCUT2D eigenvalue weighted by Gasteiger charge is -2.20. The number of nitrogens with zero attached hydrogens (tertiary/aromatic N) is 2. The molecular weight excluding hydrogens is 228 g/mol. The maximum absolute atomic E-state index is 12.0. The van der Waals surface area contributed by atoms with Crippen LogP contribution in [0.5, 0.6) is 0 Å². The van der Waals surface area contributed by atoms with Gasteiger partial charge in [0.05, 0.1) is 5.56 Å². The molecule has 16 heavy (non-hydrogen) atoms. The first-order chi connectivity index (χ1) is 7.69. The molecule has 0 saturated carbocycles. The fourth-order valence-electron chi connectivity index (χ4n) is 1.35. The molecule has 0 aliphatic carbocycles. The lowest BCUT2D eigenvalue weighted by Crippen LogP contribution is -2.32. The second kappa shape index (κ2) is 6.45. The molecule has 1 aromatic heterocycles. The molecule has 0 aromatic carbocycles. The third kappa shape index (κ3) is 3.47. The molecule has 0 bridgehead atoms. The maximum atomic E-state index is 12.0. The largest absolute Gasteiger partial charge is 0.396 e. The van der Waals surface area contributed by atoms with E-state index in [1.807, 2.05) is 6.92 Å². The second-order valence-corrected chi connectivity index (χ2v) is 3.72. The number of carbonyl (C=O) groups excluding carboxylic acids is 1. The zero-order valence-electron chi connectivity index (χ0n) is 9.19. The highest BCUT2D eigenvalue weighted by molar-refractivity contribution is 6.29. The molecule has 0 atom stereocenters. The lowest BCUT2D eigenvalue weighted by atomic mass is 10.2. The summed E-state index contributed by atoms with van der Waals surface area (Å²) in [5.41, 5.74) is 0.518. The van der Waals surface area contributed by atoms with Gasteiger partial charge in [0.2, 0.25) is 0 Å². The molecule has 1 rings (SSSR count). The van der Waals surface area contributed by atoms with Crippen molar-refractivity contribution >= 4 is 17.5 Å². The van der Waals surface area contributed by atoms with Gasteiger partial charge in [-0.05, 0) is 25.5 Å². The van der Waals surface area contributed by atoms with E-state index >= 15 is 0 Å². The Labute approximate surface area is 99.9 Å². The fourth-order valence-corrected chi connectivity index (χ4v) is 1.46. The van der Waals surface area contributed by atoms with Crippen LogP contribution in [0.1, 0.15) is 23.7 Å². The normalized spacial score (nSPS) is 10.2. The van der Waals surface area contributed by atoms with Crippen molar-refractivity contribution in [2.45, 2.75) is 13.3 Å². The molecule has 0 unspecified atom stereocenters. The van der Waals surface area contributed by atoms with E-state index < -0.39 is 0 Å². The summed E-state index contributed by atoms with van der Waals surface area (Å²) < 4.78 is 0. The van der Waals surface area contributed by atoms with Crippen LogP contribution in [0.2, 0.25) is 5.15 Å². The smallest absolute Gasteiger partial charge is 0.255 e. The van der Waals surface area contributed by atoms with Gasteiger partial charge in [-0.3, -0.25) is 4.79 Å². The van der Waals surface area contributed by atoms with Crippen molar-refractivity contribution in [1.29, 1.82) is 0 Å². The number of aromatic nitrogens is 1. The molecule has 1 N–H and O–H groups in total. The number of amides is 1. The van der Waals surface area contributed by atoms with Gasteiger partial charge in [-0.25, -0.2) is 4.98 Å². The summed E-state index contributed by atoms with van der Waals surface area (Å²) >= 11 is 5.64. The summed E-state index contributed by atoms with van der Waals surface area (Å²) in [4.78, 5) is 17.5. The molecule has 0 spiro atoms. The number of hydrogen-bond donors (Lipinski definition) is 1. The van der Waals surface area contributed by atoms with E-state index in [2.05, 4.69) is 4.98 Å². The molecule has 88 valence electrons. The van der Waals surface area contributed by atoms with Crippen molar-refractivity contribution in [2.24, 2.45) is 0 Å². The first-order valence-corrected chi connectivity index (χ1v) is 5.58. The summed E-state index contributed by atoms with van der Waals surface area (Å²) in [6, 6.07) is 3.24. The topological polar surface area (TPSA) is 53.4 Å². The molecule has 0 fully saturated rings. The van der Waals surface area contributed by atoms with Crippen LogP contribution in [0, 0.1) is 0 Å². The van der Waals surface area contributed by atoms with E-state index in [1.54, 1.807) is 17.0 Å². The molecule has 0 radical (unpaired) electrons. The van der Waals surface area contributed by atoms with Crippen LogP contribution in [0.25, 0.3) is 0 Å². The molecule has 0 saturated heterocycles. The Bertz CT molecular complexity index is 340. The van der Waals surface area contributed by atoms with Crippen LogP contribution < -0.4 is 0 Å². The van der Waals surface area contributed by atoms with E-state index in [4.69, 9.17) is 16.7 Å². The van der Waals surface area contributed by atoms with Crippen LogP contribution in [-0.2, 0) is 0 Å². The highest BCUT2D eigenvalue weighted by Crippen LogP contribution is 2.08. The summed E-state index contributed by atoms with van der Waals surface area (Å²) in [5.74, 6) is -0.0832. The number of carbonyl (C=O) groups is 1. The molecule has 4 nitrogen and oxygen atoms in total. The summed E-state index contributed by atoms with van der Waals surface area (Å²) in [6.07, 6.45) is 2.05. The Hall–Kier alpha value is -1.13. The number of pyridine rings is 1. The number of hydrogen-bond acceptors (Lipinski definition) is 3. The zero-order chi connectivity index (χ0) is 12.0. The number of halogens is 1. The third-order valence-corrected chi connectivity index (χ3v) is 2.45. The molecule has 5 heteroatoms. The standard InChI is InChI=1S/C11H15ClN2O2/c1-2-14(6-3-7-15)11(16)9-4-5-10(12)13-8-9/h4-5,8,15H,2-3,6-7H2,1H3. The van der Waals surface area contributed by atoms with Gasteiger partial charge in [0.15, 0.2) is 0 Å². The Morgan fingerprint density at radius 3 is 2.81 bits per heavy atom. The van der Waals surface area contributed by atoms with Crippen molar-refractivity contribution in [1.82, 2.24) is 9.88 Å². The molecule has 1 aromatic rings. The number of aliphatic hydroxyl groups excluding tert-OH is 1. The van der Waals surface area contributed by atoms with Gasteiger partial charge >= 0.3 is 0 Å².